The van der Waals surface area contributed by atoms with Gasteiger partial charge in [0.15, 0.2) is 11.5 Å². The van der Waals surface area contributed by atoms with E-state index < -0.39 is 0 Å². The fourth-order valence-electron chi connectivity index (χ4n) is 3.22. The van der Waals surface area contributed by atoms with Crippen molar-refractivity contribution in [2.75, 3.05) is 5.32 Å². The first-order chi connectivity index (χ1) is 14.2. The van der Waals surface area contributed by atoms with E-state index in [1.807, 2.05) is 75.2 Å². The normalized spacial score (nSPS) is 10.8. The van der Waals surface area contributed by atoms with Crippen molar-refractivity contribution in [1.82, 2.24) is 29.1 Å². The van der Waals surface area contributed by atoms with Crippen LogP contribution in [0.25, 0.3) is 27.8 Å². The van der Waals surface area contributed by atoms with Gasteiger partial charge < -0.3 is 5.32 Å². The molecule has 1 aromatic carbocycles. The smallest absolute Gasteiger partial charge is 0.180 e. The molecular weight excluding hydrogens is 362 g/mol. The van der Waals surface area contributed by atoms with Crippen molar-refractivity contribution in [2.24, 2.45) is 7.05 Å². The first-order valence-electron chi connectivity index (χ1n) is 9.63. The molecule has 4 aromatic heterocycles. The molecule has 5 aromatic rings. The Bertz CT molecular complexity index is 1280. The standard InChI is InChI=1S/C20H17N7.C2H6/c1-13-3-4-14-9-16(5-6-17(14)24-13)25-19-20-22-11-18(27(20)8-7-21-19)15-10-23-26(2)12-15;1-2/h3-12H,1-2H3,(H,21,25);1-2H3. The van der Waals surface area contributed by atoms with E-state index in [9.17, 15) is 0 Å². The van der Waals surface area contributed by atoms with Gasteiger partial charge in [-0.15, -0.1) is 0 Å². The van der Waals surface area contributed by atoms with Crippen LogP contribution in [0.1, 0.15) is 19.5 Å². The van der Waals surface area contributed by atoms with Crippen molar-refractivity contribution in [3.63, 3.8) is 0 Å². The number of fused-ring (bicyclic) bond motifs is 2. The molecule has 0 unspecified atom stereocenters. The fraction of sp³-hybridized carbons (Fsp3) is 0.182. The van der Waals surface area contributed by atoms with Gasteiger partial charge in [-0.1, -0.05) is 19.9 Å². The van der Waals surface area contributed by atoms with Gasteiger partial charge in [0, 0.05) is 48.0 Å². The SMILES string of the molecule is CC.Cc1ccc2cc(Nc3nccn4c(-c5cnn(C)c5)cnc34)ccc2n1. The largest absolute Gasteiger partial charge is 0.337 e. The minimum Gasteiger partial charge on any atom is -0.337 e. The molecule has 29 heavy (non-hydrogen) atoms. The lowest BCUT2D eigenvalue weighted by molar-refractivity contribution is 0.768. The highest BCUT2D eigenvalue weighted by Crippen LogP contribution is 2.26. The number of imidazole rings is 1. The summed E-state index contributed by atoms with van der Waals surface area (Å²) in [5.41, 5.74) is 5.68. The van der Waals surface area contributed by atoms with Gasteiger partial charge in [0.25, 0.3) is 0 Å². The Balaban J connectivity index is 0.000000994. The third-order valence-electron chi connectivity index (χ3n) is 4.52. The van der Waals surface area contributed by atoms with E-state index in [2.05, 4.69) is 37.5 Å². The van der Waals surface area contributed by atoms with Gasteiger partial charge in [-0.25, -0.2) is 9.97 Å². The van der Waals surface area contributed by atoms with E-state index in [1.165, 1.54) is 0 Å². The topological polar surface area (TPSA) is 72.9 Å². The average molecular weight is 385 g/mol. The molecule has 0 saturated heterocycles. The van der Waals surface area contributed by atoms with Crippen molar-refractivity contribution in [2.45, 2.75) is 20.8 Å². The number of aromatic nitrogens is 6. The molecule has 146 valence electrons. The second kappa shape index (κ2) is 7.71. The summed E-state index contributed by atoms with van der Waals surface area (Å²) in [7, 11) is 1.90. The quantitative estimate of drug-likeness (QED) is 0.485. The number of pyridine rings is 1. The Labute approximate surface area is 169 Å². The third kappa shape index (κ3) is 3.54. The van der Waals surface area contributed by atoms with Gasteiger partial charge >= 0.3 is 0 Å². The first kappa shape index (κ1) is 18.6. The predicted molar refractivity (Wildman–Crippen MR) is 116 cm³/mol. The third-order valence-corrected chi connectivity index (χ3v) is 4.52. The Morgan fingerprint density at radius 3 is 2.66 bits per heavy atom. The Kier molecular flexibility index (Phi) is 4.95. The summed E-state index contributed by atoms with van der Waals surface area (Å²) in [6.07, 6.45) is 9.31. The van der Waals surface area contributed by atoms with Gasteiger partial charge in [-0.05, 0) is 31.2 Å². The molecule has 0 fully saturated rings. The summed E-state index contributed by atoms with van der Waals surface area (Å²) in [6.45, 7) is 5.99. The maximum atomic E-state index is 4.56. The molecule has 7 nitrogen and oxygen atoms in total. The molecule has 0 saturated carbocycles. The van der Waals surface area contributed by atoms with Crippen LogP contribution in [-0.2, 0) is 7.05 Å². The molecule has 0 aliphatic rings. The van der Waals surface area contributed by atoms with Gasteiger partial charge in [-0.2, -0.15) is 5.10 Å². The lowest BCUT2D eigenvalue weighted by Gasteiger charge is -2.08. The molecule has 0 bridgehead atoms. The molecule has 0 radical (unpaired) electrons. The van der Waals surface area contributed by atoms with Crippen molar-refractivity contribution in [3.8, 4) is 11.3 Å². The van der Waals surface area contributed by atoms with E-state index >= 15 is 0 Å². The molecule has 0 amide bonds. The highest BCUT2D eigenvalue weighted by atomic mass is 15.2. The predicted octanol–water partition coefficient (Wildman–Crippen LogP) is 4.76. The van der Waals surface area contributed by atoms with Crippen LogP contribution >= 0.6 is 0 Å². The van der Waals surface area contributed by atoms with Crippen LogP contribution in [0.2, 0.25) is 0 Å². The van der Waals surface area contributed by atoms with E-state index in [4.69, 9.17) is 0 Å². The van der Waals surface area contributed by atoms with Crippen LogP contribution in [-0.4, -0.2) is 29.1 Å². The zero-order chi connectivity index (χ0) is 20.4. The van der Waals surface area contributed by atoms with Crippen LogP contribution in [0, 0.1) is 6.92 Å². The average Bonchev–Trinajstić information content (AvgIpc) is 3.36. The second-order valence-corrected chi connectivity index (χ2v) is 6.50. The maximum absolute atomic E-state index is 4.56. The summed E-state index contributed by atoms with van der Waals surface area (Å²) in [5, 5.41) is 8.70. The van der Waals surface area contributed by atoms with Crippen molar-refractivity contribution in [3.05, 3.63) is 67.0 Å². The zero-order valence-corrected chi connectivity index (χ0v) is 17.0. The second-order valence-electron chi connectivity index (χ2n) is 6.50. The summed E-state index contributed by atoms with van der Waals surface area (Å²) in [4.78, 5) is 13.6. The highest BCUT2D eigenvalue weighted by Gasteiger charge is 2.12. The monoisotopic (exact) mass is 385 g/mol. The number of nitrogens with zero attached hydrogens (tertiary/aromatic N) is 6. The van der Waals surface area contributed by atoms with Crippen LogP contribution in [0.4, 0.5) is 11.5 Å². The summed E-state index contributed by atoms with van der Waals surface area (Å²) in [6, 6.07) is 10.2. The van der Waals surface area contributed by atoms with Crippen molar-refractivity contribution in [1.29, 1.82) is 0 Å². The number of hydrogen-bond acceptors (Lipinski definition) is 5. The van der Waals surface area contributed by atoms with Crippen molar-refractivity contribution < 1.29 is 0 Å². The molecule has 4 heterocycles. The molecular formula is C22H23N7. The summed E-state index contributed by atoms with van der Waals surface area (Å²) in [5.74, 6) is 0.701. The van der Waals surface area contributed by atoms with E-state index in [1.54, 1.807) is 10.9 Å². The molecule has 0 aliphatic carbocycles. The highest BCUT2D eigenvalue weighted by molar-refractivity contribution is 5.84. The Morgan fingerprint density at radius 1 is 1.00 bits per heavy atom. The van der Waals surface area contributed by atoms with Gasteiger partial charge in [0.05, 0.1) is 23.6 Å². The van der Waals surface area contributed by atoms with E-state index in [0.29, 0.717) is 5.82 Å². The molecule has 0 spiro atoms. The number of aryl methyl sites for hydroxylation is 2. The maximum Gasteiger partial charge on any atom is 0.180 e. The molecule has 1 N–H and O–H groups in total. The number of nitrogens with one attached hydrogen (secondary N) is 1. The van der Waals surface area contributed by atoms with E-state index in [-0.39, 0.29) is 0 Å². The summed E-state index contributed by atoms with van der Waals surface area (Å²) < 4.78 is 3.79. The lowest BCUT2D eigenvalue weighted by atomic mass is 10.2. The summed E-state index contributed by atoms with van der Waals surface area (Å²) >= 11 is 0. The minimum atomic E-state index is 0.701. The number of anilines is 2. The van der Waals surface area contributed by atoms with Gasteiger partial charge in [0.2, 0.25) is 0 Å². The Morgan fingerprint density at radius 2 is 1.86 bits per heavy atom. The van der Waals surface area contributed by atoms with Crippen LogP contribution in [0.15, 0.2) is 61.3 Å². The van der Waals surface area contributed by atoms with Crippen LogP contribution in [0.3, 0.4) is 0 Å². The minimum absolute atomic E-state index is 0.701. The lowest BCUT2D eigenvalue weighted by Crippen LogP contribution is -1.98. The van der Waals surface area contributed by atoms with Gasteiger partial charge in [0.1, 0.15) is 0 Å². The molecule has 5 rings (SSSR count). The molecule has 0 atom stereocenters. The van der Waals surface area contributed by atoms with E-state index in [0.717, 1.165) is 39.2 Å². The Hall–Kier alpha value is -3.74. The van der Waals surface area contributed by atoms with Gasteiger partial charge in [-0.3, -0.25) is 14.1 Å². The molecule has 0 aliphatic heterocycles. The zero-order valence-electron chi connectivity index (χ0n) is 17.0. The van der Waals surface area contributed by atoms with Crippen molar-refractivity contribution >= 4 is 28.1 Å². The fourth-order valence-corrected chi connectivity index (χ4v) is 3.22. The number of rotatable bonds is 3. The van der Waals surface area contributed by atoms with Crippen LogP contribution < -0.4 is 5.32 Å². The first-order valence-corrected chi connectivity index (χ1v) is 9.63. The molecule has 7 heteroatoms. The number of hydrogen-bond donors (Lipinski definition) is 1. The number of benzene rings is 1. The van der Waals surface area contributed by atoms with Crippen LogP contribution in [0.5, 0.6) is 0 Å².